The van der Waals surface area contributed by atoms with Crippen molar-refractivity contribution < 1.29 is 19.1 Å². The summed E-state index contributed by atoms with van der Waals surface area (Å²) in [6.45, 7) is 2.34. The van der Waals surface area contributed by atoms with Gasteiger partial charge in [-0.2, -0.15) is 0 Å². The molecule has 2 aromatic carbocycles. The van der Waals surface area contributed by atoms with Gasteiger partial charge in [0.05, 0.1) is 30.3 Å². The van der Waals surface area contributed by atoms with E-state index in [-0.39, 0.29) is 18.4 Å². The average molecular weight is 408 g/mol. The van der Waals surface area contributed by atoms with E-state index in [1.807, 2.05) is 48.5 Å². The van der Waals surface area contributed by atoms with Crippen LogP contribution in [0.25, 0.3) is 10.1 Å². The lowest BCUT2D eigenvalue weighted by atomic mass is 10.1. The van der Waals surface area contributed by atoms with Crippen molar-refractivity contribution in [2.75, 3.05) is 37.7 Å². The SMILES string of the molecule is O=C(C1CN(C(=O)c2cc3ccccc3s2)c2ccccc2O1)N1CCOCC1. The molecule has 2 aliphatic rings. The highest BCUT2D eigenvalue weighted by atomic mass is 32.1. The van der Waals surface area contributed by atoms with Crippen LogP contribution in [0.5, 0.6) is 5.75 Å². The third-order valence-corrected chi connectivity index (χ3v) is 6.36. The molecular weight excluding hydrogens is 388 g/mol. The quantitative estimate of drug-likeness (QED) is 0.654. The van der Waals surface area contributed by atoms with Crippen molar-refractivity contribution in [2.45, 2.75) is 6.10 Å². The normalized spacial score (nSPS) is 19.0. The molecule has 0 bridgehead atoms. The van der Waals surface area contributed by atoms with E-state index in [0.717, 1.165) is 10.1 Å². The summed E-state index contributed by atoms with van der Waals surface area (Å²) in [7, 11) is 0. The molecule has 2 amide bonds. The van der Waals surface area contributed by atoms with Crippen molar-refractivity contribution in [3.8, 4) is 5.75 Å². The minimum Gasteiger partial charge on any atom is -0.476 e. The molecule has 3 heterocycles. The van der Waals surface area contributed by atoms with E-state index in [0.29, 0.717) is 42.6 Å². The van der Waals surface area contributed by atoms with Gasteiger partial charge in [-0.3, -0.25) is 14.5 Å². The first kappa shape index (κ1) is 18.1. The van der Waals surface area contributed by atoms with Crippen molar-refractivity contribution in [3.05, 3.63) is 59.5 Å². The number of para-hydroxylation sites is 2. The molecule has 0 aliphatic carbocycles. The fourth-order valence-electron chi connectivity index (χ4n) is 3.76. The molecule has 0 radical (unpaired) electrons. The summed E-state index contributed by atoms with van der Waals surface area (Å²) < 4.78 is 12.4. The first-order valence-corrected chi connectivity index (χ1v) is 10.4. The molecule has 29 heavy (non-hydrogen) atoms. The zero-order valence-corrected chi connectivity index (χ0v) is 16.6. The molecule has 0 N–H and O–H groups in total. The zero-order chi connectivity index (χ0) is 19.8. The second kappa shape index (κ2) is 7.50. The molecule has 1 aromatic heterocycles. The van der Waals surface area contributed by atoms with Crippen molar-refractivity contribution in [2.24, 2.45) is 0 Å². The molecule has 1 fully saturated rings. The minimum atomic E-state index is -0.721. The van der Waals surface area contributed by atoms with Crippen LogP contribution in [0, 0.1) is 0 Å². The molecular formula is C22H20N2O4S. The highest BCUT2D eigenvalue weighted by molar-refractivity contribution is 7.20. The summed E-state index contributed by atoms with van der Waals surface area (Å²) in [6, 6.07) is 17.2. The standard InChI is InChI=1S/C22H20N2O4S/c25-21(23-9-11-27-12-10-23)18-14-24(16-6-2-3-7-17(16)28-18)22(26)20-13-15-5-1-4-8-19(15)29-20/h1-8,13,18H,9-12,14H2. The van der Waals surface area contributed by atoms with Crippen LogP contribution >= 0.6 is 11.3 Å². The van der Waals surface area contributed by atoms with E-state index in [2.05, 4.69) is 0 Å². The van der Waals surface area contributed by atoms with Gasteiger partial charge in [-0.15, -0.1) is 11.3 Å². The summed E-state index contributed by atoms with van der Waals surface area (Å²) in [6.07, 6.45) is -0.721. The molecule has 3 aromatic rings. The smallest absolute Gasteiger partial charge is 0.268 e. The van der Waals surface area contributed by atoms with Gasteiger partial charge >= 0.3 is 0 Å². The number of carbonyl (C=O) groups excluding carboxylic acids is 2. The van der Waals surface area contributed by atoms with Gasteiger partial charge < -0.3 is 14.4 Å². The Balaban J connectivity index is 1.47. The number of nitrogens with zero attached hydrogens (tertiary/aromatic N) is 2. The number of amides is 2. The Kier molecular flexibility index (Phi) is 4.69. The van der Waals surface area contributed by atoms with Crippen LogP contribution in [-0.4, -0.2) is 55.7 Å². The van der Waals surface area contributed by atoms with Crippen molar-refractivity contribution in [1.82, 2.24) is 4.90 Å². The first-order valence-electron chi connectivity index (χ1n) is 9.63. The largest absolute Gasteiger partial charge is 0.476 e. The maximum Gasteiger partial charge on any atom is 0.268 e. The Morgan fingerprint density at radius 1 is 1.00 bits per heavy atom. The number of rotatable bonds is 2. The van der Waals surface area contributed by atoms with Crippen molar-refractivity contribution in [1.29, 1.82) is 0 Å². The monoisotopic (exact) mass is 408 g/mol. The number of morpholine rings is 1. The maximum atomic E-state index is 13.4. The summed E-state index contributed by atoms with van der Waals surface area (Å²) in [5, 5.41) is 1.04. The Labute approximate surface area is 172 Å². The lowest BCUT2D eigenvalue weighted by Gasteiger charge is -2.37. The number of benzene rings is 2. The van der Waals surface area contributed by atoms with Crippen molar-refractivity contribution in [3.63, 3.8) is 0 Å². The Morgan fingerprint density at radius 2 is 1.76 bits per heavy atom. The van der Waals surface area contributed by atoms with Gasteiger partial charge in [0.2, 0.25) is 0 Å². The van der Waals surface area contributed by atoms with E-state index in [4.69, 9.17) is 9.47 Å². The third-order valence-electron chi connectivity index (χ3n) is 5.25. The molecule has 1 saturated heterocycles. The molecule has 1 atom stereocenters. The second-order valence-electron chi connectivity index (χ2n) is 7.08. The topological polar surface area (TPSA) is 59.1 Å². The highest BCUT2D eigenvalue weighted by Crippen LogP contribution is 2.36. The number of thiophene rings is 1. The van der Waals surface area contributed by atoms with Gasteiger partial charge in [0.1, 0.15) is 5.75 Å². The first-order chi connectivity index (χ1) is 14.2. The molecule has 0 saturated carbocycles. The fraction of sp³-hybridized carbons (Fsp3) is 0.273. The molecule has 0 spiro atoms. The van der Waals surface area contributed by atoms with Crippen LogP contribution in [0.1, 0.15) is 9.67 Å². The highest BCUT2D eigenvalue weighted by Gasteiger charge is 2.37. The number of hydrogen-bond acceptors (Lipinski definition) is 5. The van der Waals surface area contributed by atoms with Crippen LogP contribution < -0.4 is 9.64 Å². The lowest BCUT2D eigenvalue weighted by molar-refractivity contribution is -0.142. The average Bonchev–Trinajstić information content (AvgIpc) is 3.22. The van der Waals surface area contributed by atoms with E-state index in [1.165, 1.54) is 11.3 Å². The van der Waals surface area contributed by atoms with Gasteiger partial charge in [-0.05, 0) is 29.7 Å². The van der Waals surface area contributed by atoms with Crippen LogP contribution in [0.15, 0.2) is 54.6 Å². The molecule has 148 valence electrons. The minimum absolute atomic E-state index is 0.100. The number of anilines is 1. The summed E-state index contributed by atoms with van der Waals surface area (Å²) in [5.74, 6) is 0.346. The Morgan fingerprint density at radius 3 is 2.59 bits per heavy atom. The number of ether oxygens (including phenoxy) is 2. The van der Waals surface area contributed by atoms with Gasteiger partial charge in [0.25, 0.3) is 11.8 Å². The molecule has 2 aliphatic heterocycles. The number of fused-ring (bicyclic) bond motifs is 2. The van der Waals surface area contributed by atoms with E-state index < -0.39 is 6.10 Å². The van der Waals surface area contributed by atoms with Crippen LogP contribution in [0.4, 0.5) is 5.69 Å². The van der Waals surface area contributed by atoms with Gasteiger partial charge in [-0.1, -0.05) is 30.3 Å². The van der Waals surface area contributed by atoms with Crippen molar-refractivity contribution >= 4 is 38.9 Å². The lowest BCUT2D eigenvalue weighted by Crippen LogP contribution is -2.54. The Hall–Kier alpha value is -2.90. The van der Waals surface area contributed by atoms with Gasteiger partial charge in [0.15, 0.2) is 6.10 Å². The van der Waals surface area contributed by atoms with E-state index >= 15 is 0 Å². The van der Waals surface area contributed by atoms with E-state index in [9.17, 15) is 9.59 Å². The molecule has 5 rings (SSSR count). The van der Waals surface area contributed by atoms with Crippen LogP contribution in [-0.2, 0) is 9.53 Å². The molecule has 1 unspecified atom stereocenters. The summed E-state index contributed by atoms with van der Waals surface area (Å²) in [5.41, 5.74) is 0.695. The zero-order valence-electron chi connectivity index (χ0n) is 15.7. The summed E-state index contributed by atoms with van der Waals surface area (Å²) in [4.78, 5) is 30.5. The van der Waals surface area contributed by atoms with E-state index in [1.54, 1.807) is 15.9 Å². The predicted molar refractivity (Wildman–Crippen MR) is 112 cm³/mol. The Bertz CT molecular complexity index is 1040. The van der Waals surface area contributed by atoms with Gasteiger partial charge in [0, 0.05) is 17.8 Å². The molecule has 7 heteroatoms. The van der Waals surface area contributed by atoms with Crippen LogP contribution in [0.3, 0.4) is 0 Å². The molecule has 6 nitrogen and oxygen atoms in total. The second-order valence-corrected chi connectivity index (χ2v) is 8.16. The maximum absolute atomic E-state index is 13.4. The summed E-state index contributed by atoms with van der Waals surface area (Å²) >= 11 is 1.47. The third kappa shape index (κ3) is 3.36. The fourth-order valence-corrected chi connectivity index (χ4v) is 4.77. The predicted octanol–water partition coefficient (Wildman–Crippen LogP) is 3.17. The van der Waals surface area contributed by atoms with Gasteiger partial charge in [-0.25, -0.2) is 0 Å². The number of hydrogen-bond donors (Lipinski definition) is 0. The number of carbonyl (C=O) groups is 2. The van der Waals surface area contributed by atoms with Crippen LogP contribution in [0.2, 0.25) is 0 Å².